The second-order valence-corrected chi connectivity index (χ2v) is 8.97. The van der Waals surface area contributed by atoms with E-state index in [1.54, 1.807) is 30.3 Å². The fourth-order valence-corrected chi connectivity index (χ4v) is 3.23. The first-order chi connectivity index (χ1) is 10.8. The van der Waals surface area contributed by atoms with E-state index in [1.165, 1.54) is 6.20 Å². The molecule has 2 rings (SSSR count). The number of para-hydroxylation sites is 1. The quantitative estimate of drug-likeness (QED) is 0.589. The average Bonchev–Trinajstić information content (AvgIpc) is 2.86. The van der Waals surface area contributed by atoms with Gasteiger partial charge >= 0.3 is 6.05 Å². The van der Waals surface area contributed by atoms with Crippen molar-refractivity contribution in [1.29, 1.82) is 0 Å². The Balaban J connectivity index is 2.45. The lowest BCUT2D eigenvalue weighted by Gasteiger charge is -2.40. The third-order valence-electron chi connectivity index (χ3n) is 4.55. The van der Waals surface area contributed by atoms with Crippen LogP contribution in [0, 0.1) is 16.7 Å². The van der Waals surface area contributed by atoms with Gasteiger partial charge in [-0.05, 0) is 34.8 Å². The van der Waals surface area contributed by atoms with E-state index >= 15 is 13.2 Å². The highest BCUT2D eigenvalue weighted by atomic mass is 19.3. The highest BCUT2D eigenvalue weighted by Gasteiger charge is 2.51. The van der Waals surface area contributed by atoms with E-state index in [1.807, 2.05) is 41.5 Å². The zero-order valence-corrected chi connectivity index (χ0v) is 15.4. The van der Waals surface area contributed by atoms with Crippen LogP contribution in [0.25, 0.3) is 10.9 Å². The smallest absolute Gasteiger partial charge is 0.286 e. The summed E-state index contributed by atoms with van der Waals surface area (Å²) in [6.45, 7) is 11.4. The highest BCUT2D eigenvalue weighted by Crippen LogP contribution is 2.46. The second kappa shape index (κ2) is 6.12. The van der Waals surface area contributed by atoms with Gasteiger partial charge in [0.2, 0.25) is 0 Å². The summed E-state index contributed by atoms with van der Waals surface area (Å²) in [5.41, 5.74) is -0.426. The maximum absolute atomic E-state index is 15.2. The van der Waals surface area contributed by atoms with Gasteiger partial charge in [0.25, 0.3) is 0 Å². The Morgan fingerprint density at radius 3 is 2.08 bits per heavy atom. The van der Waals surface area contributed by atoms with Gasteiger partial charge in [0.15, 0.2) is 6.17 Å². The Labute approximate surface area is 142 Å². The number of fused-ring (bicyclic) bond motifs is 1. The molecule has 2 atom stereocenters. The Hall–Kier alpha value is -1.45. The summed E-state index contributed by atoms with van der Waals surface area (Å²) in [5.74, 6) is -0.756. The summed E-state index contributed by atoms with van der Waals surface area (Å²) in [6.07, 6.45) is -0.576. The summed E-state index contributed by atoms with van der Waals surface area (Å²) in [6, 6.07) is 4.85. The molecule has 0 aliphatic heterocycles. The monoisotopic (exact) mass is 339 g/mol. The predicted molar refractivity (Wildman–Crippen MR) is 94.0 cm³/mol. The molecule has 1 nitrogen and oxygen atoms in total. The number of hydrogen-bond donors (Lipinski definition) is 0. The van der Waals surface area contributed by atoms with Crippen molar-refractivity contribution >= 4 is 10.9 Å². The molecule has 4 heteroatoms. The minimum atomic E-state index is -3.59. The molecule has 0 radical (unpaired) electrons. The minimum absolute atomic E-state index is 0.225. The standard InChI is InChI=1S/C20H28F3N/c1-18(2,3)13-15(19(4,5)6)17(21)20(22,23)24-12-11-14-9-7-8-10-16(14)24/h7-12,15,17H,13H2,1-6H3. The predicted octanol–water partition coefficient (Wildman–Crippen LogP) is 6.63. The number of hydrogen-bond acceptors (Lipinski definition) is 0. The number of rotatable bonds is 4. The first-order valence-corrected chi connectivity index (χ1v) is 8.42. The van der Waals surface area contributed by atoms with Gasteiger partial charge in [0.05, 0.1) is 5.52 Å². The Kier molecular flexibility index (Phi) is 4.82. The van der Waals surface area contributed by atoms with Crippen LogP contribution in [0.1, 0.15) is 48.0 Å². The first kappa shape index (κ1) is 18.9. The average molecular weight is 339 g/mol. The Morgan fingerprint density at radius 2 is 1.54 bits per heavy atom. The maximum Gasteiger partial charge on any atom is 0.360 e. The fourth-order valence-electron chi connectivity index (χ4n) is 3.23. The third kappa shape index (κ3) is 3.79. The molecule has 0 spiro atoms. The SMILES string of the molecule is CC(C)(C)CC(C(F)C(F)(F)n1ccc2ccccc21)C(C)(C)C. The minimum Gasteiger partial charge on any atom is -0.286 e. The maximum atomic E-state index is 15.2. The molecular formula is C20H28F3N. The lowest BCUT2D eigenvalue weighted by atomic mass is 9.69. The largest absolute Gasteiger partial charge is 0.360 e. The van der Waals surface area contributed by atoms with Crippen molar-refractivity contribution in [3.8, 4) is 0 Å². The lowest BCUT2D eigenvalue weighted by molar-refractivity contribution is -0.174. The van der Waals surface area contributed by atoms with E-state index in [0.717, 1.165) is 4.57 Å². The number of nitrogens with zero attached hydrogens (tertiary/aromatic N) is 1. The van der Waals surface area contributed by atoms with E-state index in [2.05, 4.69) is 0 Å². The molecule has 134 valence electrons. The van der Waals surface area contributed by atoms with Gasteiger partial charge in [-0.1, -0.05) is 59.7 Å². The normalized spacial score (nSPS) is 16.4. The van der Waals surface area contributed by atoms with Crippen LogP contribution in [0.3, 0.4) is 0 Å². The molecule has 0 amide bonds. The van der Waals surface area contributed by atoms with Crippen LogP contribution in [-0.2, 0) is 6.05 Å². The van der Waals surface area contributed by atoms with Crippen molar-refractivity contribution in [2.45, 2.75) is 60.2 Å². The third-order valence-corrected chi connectivity index (χ3v) is 4.55. The van der Waals surface area contributed by atoms with E-state index < -0.39 is 23.6 Å². The summed E-state index contributed by atoms with van der Waals surface area (Å²) in [5, 5.41) is 0.688. The lowest BCUT2D eigenvalue weighted by Crippen LogP contribution is -2.44. The zero-order valence-electron chi connectivity index (χ0n) is 15.4. The molecule has 0 aliphatic carbocycles. The van der Waals surface area contributed by atoms with Gasteiger partial charge < -0.3 is 0 Å². The molecule has 1 heterocycles. The van der Waals surface area contributed by atoms with Crippen molar-refractivity contribution in [2.24, 2.45) is 16.7 Å². The second-order valence-electron chi connectivity index (χ2n) is 8.97. The van der Waals surface area contributed by atoms with Crippen molar-refractivity contribution < 1.29 is 13.2 Å². The van der Waals surface area contributed by atoms with Gasteiger partial charge in [-0.15, -0.1) is 0 Å². The molecule has 1 aromatic carbocycles. The molecule has 0 aliphatic rings. The van der Waals surface area contributed by atoms with Crippen LogP contribution >= 0.6 is 0 Å². The van der Waals surface area contributed by atoms with Gasteiger partial charge in [-0.2, -0.15) is 8.78 Å². The van der Waals surface area contributed by atoms with Crippen LogP contribution in [0.15, 0.2) is 36.5 Å². The number of halogens is 3. The molecule has 0 N–H and O–H groups in total. The molecule has 2 unspecified atom stereocenters. The molecule has 0 fully saturated rings. The van der Waals surface area contributed by atoms with Crippen LogP contribution in [0.5, 0.6) is 0 Å². The van der Waals surface area contributed by atoms with E-state index in [0.29, 0.717) is 17.3 Å². The van der Waals surface area contributed by atoms with Crippen molar-refractivity contribution in [3.63, 3.8) is 0 Å². The molecule has 0 saturated carbocycles. The van der Waals surface area contributed by atoms with Gasteiger partial charge in [-0.25, -0.2) is 4.39 Å². The van der Waals surface area contributed by atoms with Crippen LogP contribution in [0.2, 0.25) is 0 Å². The number of aromatic nitrogens is 1. The van der Waals surface area contributed by atoms with Crippen LogP contribution in [-0.4, -0.2) is 10.7 Å². The summed E-state index contributed by atoms with van der Waals surface area (Å²) in [7, 11) is 0. The van der Waals surface area contributed by atoms with Crippen molar-refractivity contribution in [1.82, 2.24) is 4.57 Å². The van der Waals surface area contributed by atoms with Gasteiger partial charge in [-0.3, -0.25) is 4.57 Å². The highest BCUT2D eigenvalue weighted by molar-refractivity contribution is 5.80. The zero-order chi connectivity index (χ0) is 18.3. The molecule has 24 heavy (non-hydrogen) atoms. The fraction of sp³-hybridized carbons (Fsp3) is 0.600. The topological polar surface area (TPSA) is 4.93 Å². The molecular weight excluding hydrogens is 311 g/mol. The Bertz CT molecular complexity index is 689. The molecule has 1 aromatic heterocycles. The summed E-state index contributed by atoms with van der Waals surface area (Å²) in [4.78, 5) is 0. The van der Waals surface area contributed by atoms with E-state index in [9.17, 15) is 0 Å². The Morgan fingerprint density at radius 1 is 0.958 bits per heavy atom. The molecule has 2 aromatic rings. The van der Waals surface area contributed by atoms with Gasteiger partial charge in [0.1, 0.15) is 0 Å². The summed E-state index contributed by atoms with van der Waals surface area (Å²) >= 11 is 0. The molecule has 0 saturated heterocycles. The number of alkyl halides is 3. The van der Waals surface area contributed by atoms with Crippen LogP contribution < -0.4 is 0 Å². The summed E-state index contributed by atoms with van der Waals surface area (Å²) < 4.78 is 46.1. The molecule has 0 bridgehead atoms. The van der Waals surface area contributed by atoms with Crippen molar-refractivity contribution in [2.75, 3.05) is 0 Å². The van der Waals surface area contributed by atoms with Crippen molar-refractivity contribution in [3.05, 3.63) is 36.5 Å². The van der Waals surface area contributed by atoms with Crippen LogP contribution in [0.4, 0.5) is 13.2 Å². The number of benzene rings is 1. The first-order valence-electron chi connectivity index (χ1n) is 8.42. The van der Waals surface area contributed by atoms with E-state index in [4.69, 9.17) is 0 Å². The van der Waals surface area contributed by atoms with E-state index in [-0.39, 0.29) is 5.41 Å². The van der Waals surface area contributed by atoms with Gasteiger partial charge in [0, 0.05) is 12.1 Å².